The van der Waals surface area contributed by atoms with Gasteiger partial charge in [-0.1, -0.05) is 0 Å². The second-order valence-corrected chi connectivity index (χ2v) is 3.19. The van der Waals surface area contributed by atoms with Crippen LogP contribution < -0.4 is 0 Å². The molecule has 0 amide bonds. The Bertz CT molecular complexity index is 105. The van der Waals surface area contributed by atoms with Gasteiger partial charge in [0.1, 0.15) is 0 Å². The van der Waals surface area contributed by atoms with Crippen LogP contribution in [0.2, 0.25) is 0 Å². The number of fused-ring (bicyclic) bond motifs is 3. The van der Waals surface area contributed by atoms with Gasteiger partial charge >= 0.3 is 0 Å². The standard InChI is InChI=1S/C7H14N2/c1-7-6-8-2-4-9(7)5-3-8/h7H,2-6H2,1H3/t7-/m1/s1. The first-order valence-electron chi connectivity index (χ1n) is 3.82. The smallest absolute Gasteiger partial charge is 0.0195 e. The van der Waals surface area contributed by atoms with Crippen LogP contribution in [0.15, 0.2) is 0 Å². The predicted molar refractivity (Wildman–Crippen MR) is 37.5 cm³/mol. The summed E-state index contributed by atoms with van der Waals surface area (Å²) < 4.78 is 0. The van der Waals surface area contributed by atoms with Gasteiger partial charge in [0.15, 0.2) is 0 Å². The molecule has 2 nitrogen and oxygen atoms in total. The average Bonchev–Trinajstić information content (AvgIpc) is 1.90. The minimum absolute atomic E-state index is 0.826. The molecule has 0 radical (unpaired) electrons. The van der Waals surface area contributed by atoms with E-state index in [0.29, 0.717) is 0 Å². The lowest BCUT2D eigenvalue weighted by Gasteiger charge is -2.46. The maximum absolute atomic E-state index is 2.58. The van der Waals surface area contributed by atoms with Crippen LogP contribution in [0.3, 0.4) is 0 Å². The summed E-state index contributed by atoms with van der Waals surface area (Å²) >= 11 is 0. The monoisotopic (exact) mass is 126 g/mol. The topological polar surface area (TPSA) is 6.48 Å². The van der Waals surface area contributed by atoms with Crippen molar-refractivity contribution in [2.24, 2.45) is 0 Å². The van der Waals surface area contributed by atoms with Crippen molar-refractivity contribution in [2.75, 3.05) is 32.7 Å². The van der Waals surface area contributed by atoms with Gasteiger partial charge in [-0.3, -0.25) is 9.80 Å². The fraction of sp³-hybridized carbons (Fsp3) is 1.00. The van der Waals surface area contributed by atoms with E-state index in [1.165, 1.54) is 32.7 Å². The molecule has 3 rings (SSSR count). The summed E-state index contributed by atoms with van der Waals surface area (Å²) in [5, 5.41) is 0. The molecule has 3 saturated heterocycles. The quantitative estimate of drug-likeness (QED) is 0.451. The van der Waals surface area contributed by atoms with E-state index in [-0.39, 0.29) is 0 Å². The summed E-state index contributed by atoms with van der Waals surface area (Å²) in [6, 6.07) is 0.826. The van der Waals surface area contributed by atoms with E-state index in [2.05, 4.69) is 16.7 Å². The molecule has 3 fully saturated rings. The molecule has 0 aliphatic carbocycles. The lowest BCUT2D eigenvalue weighted by Crippen LogP contribution is -2.59. The van der Waals surface area contributed by atoms with Crippen molar-refractivity contribution >= 4 is 0 Å². The highest BCUT2D eigenvalue weighted by Crippen LogP contribution is 2.13. The Morgan fingerprint density at radius 1 is 1.11 bits per heavy atom. The largest absolute Gasteiger partial charge is 0.299 e. The van der Waals surface area contributed by atoms with Crippen LogP contribution in [0.1, 0.15) is 6.92 Å². The van der Waals surface area contributed by atoms with Gasteiger partial charge in [-0.25, -0.2) is 0 Å². The number of nitrogens with zero attached hydrogens (tertiary/aromatic N) is 2. The Hall–Kier alpha value is -0.0800. The molecule has 3 heterocycles. The van der Waals surface area contributed by atoms with Gasteiger partial charge in [-0.15, -0.1) is 0 Å². The van der Waals surface area contributed by atoms with Gasteiger partial charge in [0, 0.05) is 38.8 Å². The zero-order valence-electron chi connectivity index (χ0n) is 6.01. The number of hydrogen-bond donors (Lipinski definition) is 0. The van der Waals surface area contributed by atoms with E-state index in [1.54, 1.807) is 0 Å². The summed E-state index contributed by atoms with van der Waals surface area (Å²) in [7, 11) is 0. The highest BCUT2D eigenvalue weighted by molar-refractivity contribution is 4.84. The van der Waals surface area contributed by atoms with Gasteiger partial charge < -0.3 is 0 Å². The molecule has 0 unspecified atom stereocenters. The third-order valence-corrected chi connectivity index (χ3v) is 2.55. The summed E-state index contributed by atoms with van der Waals surface area (Å²) in [4.78, 5) is 5.14. The molecule has 0 aromatic rings. The number of hydrogen-bond acceptors (Lipinski definition) is 2. The van der Waals surface area contributed by atoms with Crippen molar-refractivity contribution < 1.29 is 0 Å². The zero-order valence-corrected chi connectivity index (χ0v) is 6.01. The minimum atomic E-state index is 0.826. The molecule has 0 N–H and O–H groups in total. The molecule has 2 heteroatoms. The van der Waals surface area contributed by atoms with Gasteiger partial charge in [0.2, 0.25) is 0 Å². The third kappa shape index (κ3) is 0.864. The van der Waals surface area contributed by atoms with Crippen LogP contribution in [0, 0.1) is 0 Å². The Morgan fingerprint density at radius 2 is 1.78 bits per heavy atom. The lowest BCUT2D eigenvalue weighted by atomic mass is 10.1. The van der Waals surface area contributed by atoms with Gasteiger partial charge in [0.05, 0.1) is 0 Å². The van der Waals surface area contributed by atoms with Crippen LogP contribution in [-0.2, 0) is 0 Å². The fourth-order valence-corrected chi connectivity index (χ4v) is 1.88. The van der Waals surface area contributed by atoms with E-state index >= 15 is 0 Å². The second kappa shape index (κ2) is 1.96. The Labute approximate surface area is 56.4 Å². The van der Waals surface area contributed by atoms with Crippen LogP contribution in [0.4, 0.5) is 0 Å². The zero-order chi connectivity index (χ0) is 6.27. The fourth-order valence-electron chi connectivity index (χ4n) is 1.88. The van der Waals surface area contributed by atoms with Crippen LogP contribution in [0.25, 0.3) is 0 Å². The maximum atomic E-state index is 2.58. The van der Waals surface area contributed by atoms with E-state index < -0.39 is 0 Å². The first-order chi connectivity index (χ1) is 4.36. The van der Waals surface area contributed by atoms with Crippen LogP contribution >= 0.6 is 0 Å². The molecule has 0 saturated carbocycles. The first-order valence-corrected chi connectivity index (χ1v) is 3.82. The molecule has 3 aliphatic rings. The molecule has 52 valence electrons. The summed E-state index contributed by atoms with van der Waals surface area (Å²) in [5.41, 5.74) is 0. The van der Waals surface area contributed by atoms with Crippen molar-refractivity contribution in [1.29, 1.82) is 0 Å². The highest BCUT2D eigenvalue weighted by Gasteiger charge is 2.28. The molecule has 2 bridgehead atoms. The van der Waals surface area contributed by atoms with Crippen molar-refractivity contribution in [1.82, 2.24) is 9.80 Å². The molecule has 0 aromatic heterocycles. The van der Waals surface area contributed by atoms with Crippen LogP contribution in [-0.4, -0.2) is 48.6 Å². The molecule has 3 aliphatic heterocycles. The van der Waals surface area contributed by atoms with Gasteiger partial charge in [-0.05, 0) is 6.92 Å². The number of rotatable bonds is 0. The second-order valence-electron chi connectivity index (χ2n) is 3.19. The maximum Gasteiger partial charge on any atom is 0.0195 e. The van der Waals surface area contributed by atoms with Crippen molar-refractivity contribution in [2.45, 2.75) is 13.0 Å². The molecule has 9 heavy (non-hydrogen) atoms. The predicted octanol–water partition coefficient (Wildman–Crippen LogP) is 0.00610. The summed E-state index contributed by atoms with van der Waals surface area (Å²) in [6.07, 6.45) is 0. The Morgan fingerprint density at radius 3 is 2.00 bits per heavy atom. The van der Waals surface area contributed by atoms with Crippen molar-refractivity contribution in [3.05, 3.63) is 0 Å². The summed E-state index contributed by atoms with van der Waals surface area (Å²) in [6.45, 7) is 8.86. The van der Waals surface area contributed by atoms with E-state index in [1.807, 2.05) is 0 Å². The average molecular weight is 126 g/mol. The summed E-state index contributed by atoms with van der Waals surface area (Å²) in [5.74, 6) is 0. The Balaban J connectivity index is 2.06. The molecule has 0 spiro atoms. The molecule has 0 aromatic carbocycles. The minimum Gasteiger partial charge on any atom is -0.299 e. The normalized spacial score (nSPS) is 49.7. The first kappa shape index (κ1) is 5.69. The number of piperazine rings is 3. The van der Waals surface area contributed by atoms with E-state index in [4.69, 9.17) is 0 Å². The van der Waals surface area contributed by atoms with E-state index in [0.717, 1.165) is 6.04 Å². The van der Waals surface area contributed by atoms with Gasteiger partial charge in [-0.2, -0.15) is 0 Å². The van der Waals surface area contributed by atoms with Crippen molar-refractivity contribution in [3.8, 4) is 0 Å². The van der Waals surface area contributed by atoms with Crippen molar-refractivity contribution in [3.63, 3.8) is 0 Å². The highest BCUT2D eigenvalue weighted by atomic mass is 15.3. The van der Waals surface area contributed by atoms with E-state index in [9.17, 15) is 0 Å². The third-order valence-electron chi connectivity index (χ3n) is 2.55. The SMILES string of the molecule is C[C@@H]1CN2CCN1CC2. The lowest BCUT2D eigenvalue weighted by molar-refractivity contribution is 0.0214. The molecule has 1 atom stereocenters. The Kier molecular flexibility index (Phi) is 1.24. The van der Waals surface area contributed by atoms with Crippen LogP contribution in [0.5, 0.6) is 0 Å². The van der Waals surface area contributed by atoms with Gasteiger partial charge in [0.25, 0.3) is 0 Å². The molecular weight excluding hydrogens is 112 g/mol. The molecular formula is C7H14N2.